The lowest BCUT2D eigenvalue weighted by Crippen LogP contribution is -2.21. The Morgan fingerprint density at radius 3 is 1.51 bits per heavy atom. The van der Waals surface area contributed by atoms with Crippen LogP contribution in [0.3, 0.4) is 0 Å². The molecule has 2 aromatic rings. The summed E-state index contributed by atoms with van der Waals surface area (Å²) in [4.78, 5) is 47.0. The highest BCUT2D eigenvalue weighted by Crippen LogP contribution is 2.04. The van der Waals surface area contributed by atoms with Gasteiger partial charge in [-0.3, -0.25) is 4.79 Å². The third kappa shape index (κ3) is 13.6. The molecule has 0 heterocycles. The highest BCUT2D eigenvalue weighted by Gasteiger charge is 2.17. The number of carbonyl (C=O) groups is 4. The van der Waals surface area contributed by atoms with Crippen LogP contribution in [0, 0.1) is 0 Å². The summed E-state index contributed by atoms with van der Waals surface area (Å²) in [6, 6.07) is 19.0. The fourth-order valence-corrected chi connectivity index (χ4v) is 2.70. The largest absolute Gasteiger partial charge is 0.461 e. The number of ether oxygens (including phenoxy) is 6. The predicted molar refractivity (Wildman–Crippen MR) is 130 cm³/mol. The SMILES string of the molecule is C=C(CC(=O)OCC(=O)OCCOCc1ccccc1)C(=O)OCC(=O)OCCOCc1ccccc1. The smallest absolute Gasteiger partial charge is 0.344 e. The van der Waals surface area contributed by atoms with Crippen molar-refractivity contribution in [3.8, 4) is 0 Å². The van der Waals surface area contributed by atoms with E-state index in [4.69, 9.17) is 28.4 Å². The van der Waals surface area contributed by atoms with Gasteiger partial charge < -0.3 is 28.4 Å². The van der Waals surface area contributed by atoms with Crippen LogP contribution in [0.15, 0.2) is 72.8 Å². The monoisotopic (exact) mass is 514 g/mol. The number of benzene rings is 2. The topological polar surface area (TPSA) is 124 Å². The molecule has 0 saturated heterocycles. The number of esters is 4. The fourth-order valence-electron chi connectivity index (χ4n) is 2.70. The van der Waals surface area contributed by atoms with Crippen LogP contribution in [0.5, 0.6) is 0 Å². The zero-order chi connectivity index (χ0) is 26.7. The maximum absolute atomic E-state index is 11.9. The Morgan fingerprint density at radius 1 is 0.568 bits per heavy atom. The van der Waals surface area contributed by atoms with Gasteiger partial charge in [-0.25, -0.2) is 14.4 Å². The van der Waals surface area contributed by atoms with E-state index in [-0.39, 0.29) is 32.0 Å². The van der Waals surface area contributed by atoms with Gasteiger partial charge in [-0.2, -0.15) is 0 Å². The Bertz CT molecular complexity index is 1000. The first kappa shape index (κ1) is 29.2. The van der Waals surface area contributed by atoms with E-state index >= 15 is 0 Å². The lowest BCUT2D eigenvalue weighted by atomic mass is 10.2. The first-order chi connectivity index (χ1) is 17.9. The van der Waals surface area contributed by atoms with E-state index in [0.717, 1.165) is 11.1 Å². The highest BCUT2D eigenvalue weighted by atomic mass is 16.6. The van der Waals surface area contributed by atoms with E-state index in [1.54, 1.807) is 0 Å². The van der Waals surface area contributed by atoms with Crippen molar-refractivity contribution in [3.63, 3.8) is 0 Å². The van der Waals surface area contributed by atoms with Crippen LogP contribution in [-0.4, -0.2) is 63.5 Å². The van der Waals surface area contributed by atoms with Crippen molar-refractivity contribution in [1.82, 2.24) is 0 Å². The molecule has 0 aliphatic heterocycles. The second-order valence-electron chi connectivity index (χ2n) is 7.53. The van der Waals surface area contributed by atoms with Gasteiger partial charge in [0.15, 0.2) is 13.2 Å². The Morgan fingerprint density at radius 2 is 1.03 bits per heavy atom. The molecule has 0 amide bonds. The number of hydrogen-bond acceptors (Lipinski definition) is 10. The van der Waals surface area contributed by atoms with Gasteiger partial charge in [0.1, 0.15) is 13.2 Å². The van der Waals surface area contributed by atoms with Gasteiger partial charge in [0.25, 0.3) is 0 Å². The summed E-state index contributed by atoms with van der Waals surface area (Å²) in [7, 11) is 0. The second kappa shape index (κ2) is 17.4. The maximum atomic E-state index is 11.9. The van der Waals surface area contributed by atoms with E-state index < -0.39 is 43.5 Å². The van der Waals surface area contributed by atoms with E-state index in [9.17, 15) is 19.2 Å². The average molecular weight is 515 g/mol. The van der Waals surface area contributed by atoms with Crippen molar-refractivity contribution in [2.45, 2.75) is 19.6 Å². The Labute approximate surface area is 215 Å². The van der Waals surface area contributed by atoms with Crippen LogP contribution in [0.25, 0.3) is 0 Å². The molecule has 0 aliphatic carbocycles. The van der Waals surface area contributed by atoms with E-state index in [1.807, 2.05) is 60.7 Å². The summed E-state index contributed by atoms with van der Waals surface area (Å²) in [6.45, 7) is 3.26. The molecule has 0 fully saturated rings. The molecular formula is C27H30O10. The average Bonchev–Trinajstić information content (AvgIpc) is 2.91. The fraction of sp³-hybridized carbons (Fsp3) is 0.333. The summed E-state index contributed by atoms with van der Waals surface area (Å²) in [5.74, 6) is -3.38. The van der Waals surface area contributed by atoms with E-state index in [1.165, 1.54) is 0 Å². The first-order valence-electron chi connectivity index (χ1n) is 11.5. The molecule has 2 rings (SSSR count). The molecule has 2 aromatic carbocycles. The first-order valence-corrected chi connectivity index (χ1v) is 11.5. The summed E-state index contributed by atoms with van der Waals surface area (Å²) < 4.78 is 30.1. The van der Waals surface area contributed by atoms with E-state index in [0.29, 0.717) is 13.2 Å². The van der Waals surface area contributed by atoms with Crippen molar-refractivity contribution in [3.05, 3.63) is 83.9 Å². The lowest BCUT2D eigenvalue weighted by molar-refractivity contribution is -0.160. The normalized spacial score (nSPS) is 10.3. The maximum Gasteiger partial charge on any atom is 0.344 e. The van der Waals surface area contributed by atoms with Crippen molar-refractivity contribution < 1.29 is 47.6 Å². The molecule has 10 heteroatoms. The van der Waals surface area contributed by atoms with Crippen LogP contribution < -0.4 is 0 Å². The summed E-state index contributed by atoms with van der Waals surface area (Å²) in [6.07, 6.45) is -0.519. The van der Waals surface area contributed by atoms with Crippen molar-refractivity contribution >= 4 is 23.9 Å². The second-order valence-corrected chi connectivity index (χ2v) is 7.53. The minimum atomic E-state index is -0.965. The molecule has 0 bridgehead atoms. The van der Waals surface area contributed by atoms with Crippen LogP contribution in [0.2, 0.25) is 0 Å². The molecule has 0 atom stereocenters. The summed E-state index contributed by atoms with van der Waals surface area (Å²) in [5.41, 5.74) is 1.73. The van der Waals surface area contributed by atoms with Crippen molar-refractivity contribution in [2.75, 3.05) is 39.6 Å². The van der Waals surface area contributed by atoms with Gasteiger partial charge in [-0.15, -0.1) is 0 Å². The Hall–Kier alpha value is -4.02. The molecule has 0 aliphatic rings. The molecule has 0 spiro atoms. The zero-order valence-corrected chi connectivity index (χ0v) is 20.4. The number of rotatable bonds is 17. The predicted octanol–water partition coefficient (Wildman–Crippen LogP) is 2.54. The van der Waals surface area contributed by atoms with Gasteiger partial charge in [-0.1, -0.05) is 67.2 Å². The molecule has 0 N–H and O–H groups in total. The van der Waals surface area contributed by atoms with Gasteiger partial charge >= 0.3 is 23.9 Å². The summed E-state index contributed by atoms with van der Waals surface area (Å²) in [5, 5.41) is 0. The van der Waals surface area contributed by atoms with Gasteiger partial charge in [-0.05, 0) is 11.1 Å². The third-order valence-corrected chi connectivity index (χ3v) is 4.52. The highest BCUT2D eigenvalue weighted by molar-refractivity contribution is 5.94. The quantitative estimate of drug-likeness (QED) is 0.135. The minimum absolute atomic E-state index is 0.00248. The number of carbonyl (C=O) groups excluding carboxylic acids is 4. The number of hydrogen-bond donors (Lipinski definition) is 0. The molecule has 0 radical (unpaired) electrons. The molecule has 37 heavy (non-hydrogen) atoms. The van der Waals surface area contributed by atoms with Gasteiger partial charge in [0.2, 0.25) is 0 Å². The Kier molecular flexibility index (Phi) is 13.8. The van der Waals surface area contributed by atoms with Crippen LogP contribution in [0.4, 0.5) is 0 Å². The van der Waals surface area contributed by atoms with Gasteiger partial charge in [0, 0.05) is 5.57 Å². The van der Waals surface area contributed by atoms with Crippen molar-refractivity contribution in [1.29, 1.82) is 0 Å². The Balaban J connectivity index is 1.47. The molecule has 198 valence electrons. The zero-order valence-electron chi connectivity index (χ0n) is 20.4. The standard InChI is InChI=1S/C27H30O10/c1-21(27(31)37-20-26(30)35-15-13-33-18-23-10-6-3-7-11-23)16-24(28)36-19-25(29)34-14-12-32-17-22-8-4-2-5-9-22/h2-11H,1,12-20H2. The summed E-state index contributed by atoms with van der Waals surface area (Å²) >= 11 is 0. The lowest BCUT2D eigenvalue weighted by Gasteiger charge is -2.09. The van der Waals surface area contributed by atoms with Crippen molar-refractivity contribution in [2.24, 2.45) is 0 Å². The van der Waals surface area contributed by atoms with Crippen LogP contribution in [-0.2, 0) is 60.8 Å². The van der Waals surface area contributed by atoms with Crippen LogP contribution >= 0.6 is 0 Å². The molecule has 10 nitrogen and oxygen atoms in total. The van der Waals surface area contributed by atoms with Gasteiger partial charge in [0.05, 0.1) is 32.8 Å². The third-order valence-electron chi connectivity index (χ3n) is 4.52. The molecule has 0 saturated carbocycles. The minimum Gasteiger partial charge on any atom is -0.461 e. The van der Waals surface area contributed by atoms with E-state index in [2.05, 4.69) is 6.58 Å². The van der Waals surface area contributed by atoms with Crippen LogP contribution in [0.1, 0.15) is 17.5 Å². The molecule has 0 unspecified atom stereocenters. The molecule has 0 aromatic heterocycles. The molecular weight excluding hydrogens is 484 g/mol.